The molecule has 0 saturated carbocycles. The van der Waals surface area contributed by atoms with Crippen molar-refractivity contribution >= 4 is 0 Å². The first-order valence-corrected chi connectivity index (χ1v) is 4.48. The van der Waals surface area contributed by atoms with Crippen LogP contribution < -0.4 is 0 Å². The van der Waals surface area contributed by atoms with E-state index in [1.54, 1.807) is 5.57 Å². The van der Waals surface area contributed by atoms with Crippen LogP contribution in [0.15, 0.2) is 58.7 Å². The molecular formula is C12H8. The summed E-state index contributed by atoms with van der Waals surface area (Å²) in [6.45, 7) is 0. The van der Waals surface area contributed by atoms with Crippen LogP contribution in [-0.2, 0) is 0 Å². The minimum absolute atomic E-state index is 0.753. The van der Waals surface area contributed by atoms with Gasteiger partial charge in [-0.2, -0.15) is 0 Å². The highest BCUT2D eigenvalue weighted by Gasteiger charge is 2.42. The topological polar surface area (TPSA) is 0 Å². The van der Waals surface area contributed by atoms with Crippen molar-refractivity contribution in [3.05, 3.63) is 58.7 Å². The first-order valence-electron chi connectivity index (χ1n) is 4.48. The first-order chi connectivity index (χ1) is 5.93. The van der Waals surface area contributed by atoms with Gasteiger partial charge in [-0.25, -0.2) is 0 Å². The van der Waals surface area contributed by atoms with Crippen LogP contribution in [0.3, 0.4) is 0 Å². The monoisotopic (exact) mass is 152 g/mol. The average Bonchev–Trinajstić information content (AvgIpc) is 2.74. The van der Waals surface area contributed by atoms with Crippen LogP contribution in [0.2, 0.25) is 0 Å². The minimum Gasteiger partial charge on any atom is -0.0758 e. The number of rotatable bonds is 0. The van der Waals surface area contributed by atoms with Gasteiger partial charge in [-0.1, -0.05) is 36.5 Å². The third kappa shape index (κ3) is 0.482. The van der Waals surface area contributed by atoms with Gasteiger partial charge in [0.2, 0.25) is 0 Å². The largest absolute Gasteiger partial charge is 0.0758 e. The van der Waals surface area contributed by atoms with Crippen molar-refractivity contribution in [1.29, 1.82) is 0 Å². The maximum absolute atomic E-state index is 2.40. The lowest BCUT2D eigenvalue weighted by molar-refractivity contribution is 0.657. The molecule has 4 aliphatic rings. The zero-order valence-corrected chi connectivity index (χ0v) is 6.62. The molecule has 4 rings (SSSR count). The summed E-state index contributed by atoms with van der Waals surface area (Å²) in [4.78, 5) is 0. The molecule has 4 aliphatic carbocycles. The fourth-order valence-electron chi connectivity index (χ4n) is 2.22. The van der Waals surface area contributed by atoms with Crippen LogP contribution in [0.1, 0.15) is 0 Å². The Morgan fingerprint density at radius 3 is 2.58 bits per heavy atom. The fraction of sp³-hybridized carbons (Fsp3) is 0.167. The summed E-state index contributed by atoms with van der Waals surface area (Å²) in [5, 5.41) is 0. The summed E-state index contributed by atoms with van der Waals surface area (Å²) in [5.74, 6) is 1.53. The van der Waals surface area contributed by atoms with Gasteiger partial charge in [-0.15, -0.1) is 0 Å². The predicted molar refractivity (Wildman–Crippen MR) is 48.5 cm³/mol. The quantitative estimate of drug-likeness (QED) is 0.500. The molecule has 0 bridgehead atoms. The molecule has 0 N–H and O–H groups in total. The standard InChI is InChI=1S/C12H8/c1-2-7(1)10-5-8-3-4-9(8)11-6-12(10)11/h1-6,9,11H. The maximum Gasteiger partial charge on any atom is 0.0131 e. The van der Waals surface area contributed by atoms with Crippen LogP contribution in [0.4, 0.5) is 0 Å². The summed E-state index contributed by atoms with van der Waals surface area (Å²) < 4.78 is 0. The van der Waals surface area contributed by atoms with Gasteiger partial charge in [0.25, 0.3) is 0 Å². The highest BCUT2D eigenvalue weighted by atomic mass is 14.4. The van der Waals surface area contributed by atoms with E-state index in [4.69, 9.17) is 0 Å². The molecule has 0 spiro atoms. The van der Waals surface area contributed by atoms with Gasteiger partial charge in [-0.05, 0) is 22.3 Å². The normalized spacial score (nSPS) is 38.0. The van der Waals surface area contributed by atoms with Gasteiger partial charge in [0.05, 0.1) is 0 Å². The Kier molecular flexibility index (Phi) is 0.637. The molecule has 0 saturated heterocycles. The lowest BCUT2D eigenvalue weighted by Gasteiger charge is -2.27. The van der Waals surface area contributed by atoms with Crippen molar-refractivity contribution in [3.8, 4) is 0 Å². The van der Waals surface area contributed by atoms with Crippen LogP contribution in [0, 0.1) is 11.8 Å². The van der Waals surface area contributed by atoms with Crippen LogP contribution in [-0.4, -0.2) is 0 Å². The van der Waals surface area contributed by atoms with E-state index in [1.807, 2.05) is 0 Å². The molecule has 0 nitrogen and oxygen atoms in total. The molecule has 0 heteroatoms. The molecule has 0 aliphatic heterocycles. The number of hydrogen-bond acceptors (Lipinski definition) is 0. The van der Waals surface area contributed by atoms with E-state index in [0.717, 1.165) is 11.8 Å². The zero-order valence-electron chi connectivity index (χ0n) is 6.62. The van der Waals surface area contributed by atoms with E-state index in [0.29, 0.717) is 0 Å². The van der Waals surface area contributed by atoms with Crippen LogP contribution in [0.25, 0.3) is 0 Å². The first kappa shape index (κ1) is 5.36. The molecular weight excluding hydrogens is 144 g/mol. The number of allylic oxidation sites excluding steroid dienone is 10. The van der Waals surface area contributed by atoms with E-state index in [2.05, 4.69) is 36.5 Å². The van der Waals surface area contributed by atoms with Gasteiger partial charge < -0.3 is 0 Å². The molecule has 2 atom stereocenters. The molecule has 0 radical (unpaired) electrons. The third-order valence-corrected chi connectivity index (χ3v) is 3.14. The summed E-state index contributed by atoms with van der Waals surface area (Å²) in [6.07, 6.45) is 13.7. The smallest absolute Gasteiger partial charge is 0.0131 e. The van der Waals surface area contributed by atoms with E-state index in [-0.39, 0.29) is 0 Å². The van der Waals surface area contributed by atoms with Gasteiger partial charge in [0.1, 0.15) is 0 Å². The summed E-state index contributed by atoms with van der Waals surface area (Å²) >= 11 is 0. The Morgan fingerprint density at radius 1 is 1.00 bits per heavy atom. The SMILES string of the molecule is C1=CC2C1=CC(=C1C=C1)C1=CC12. The van der Waals surface area contributed by atoms with Crippen molar-refractivity contribution in [2.24, 2.45) is 11.8 Å². The Balaban J connectivity index is 1.93. The van der Waals surface area contributed by atoms with Gasteiger partial charge >= 0.3 is 0 Å². The summed E-state index contributed by atoms with van der Waals surface area (Å²) in [5.41, 5.74) is 6.08. The minimum atomic E-state index is 0.753. The highest BCUT2D eigenvalue weighted by Crippen LogP contribution is 2.54. The van der Waals surface area contributed by atoms with Crippen molar-refractivity contribution in [1.82, 2.24) is 0 Å². The van der Waals surface area contributed by atoms with Gasteiger partial charge in [-0.3, -0.25) is 0 Å². The predicted octanol–water partition coefficient (Wildman–Crippen LogP) is 2.54. The molecule has 12 heavy (non-hydrogen) atoms. The van der Waals surface area contributed by atoms with E-state index < -0.39 is 0 Å². The maximum atomic E-state index is 2.40. The Hall–Kier alpha value is -1.30. The zero-order chi connectivity index (χ0) is 7.71. The Bertz CT molecular complexity index is 431. The second-order valence-electron chi connectivity index (χ2n) is 3.88. The Labute approximate surface area is 71.3 Å². The lowest BCUT2D eigenvalue weighted by atomic mass is 9.77. The second-order valence-corrected chi connectivity index (χ2v) is 3.88. The molecule has 0 aromatic heterocycles. The summed E-state index contributed by atoms with van der Waals surface area (Å²) in [7, 11) is 0. The van der Waals surface area contributed by atoms with Gasteiger partial charge in [0, 0.05) is 11.8 Å². The number of fused-ring (bicyclic) bond motifs is 3. The molecule has 0 amide bonds. The van der Waals surface area contributed by atoms with Crippen molar-refractivity contribution < 1.29 is 0 Å². The lowest BCUT2D eigenvalue weighted by Crippen LogP contribution is -2.16. The van der Waals surface area contributed by atoms with E-state index >= 15 is 0 Å². The molecule has 0 aromatic rings. The van der Waals surface area contributed by atoms with Crippen LogP contribution in [0.5, 0.6) is 0 Å². The van der Waals surface area contributed by atoms with Crippen molar-refractivity contribution in [3.63, 3.8) is 0 Å². The Morgan fingerprint density at radius 2 is 1.92 bits per heavy atom. The fourth-order valence-corrected chi connectivity index (χ4v) is 2.22. The van der Waals surface area contributed by atoms with Crippen molar-refractivity contribution in [2.45, 2.75) is 0 Å². The molecule has 0 aromatic carbocycles. The molecule has 0 fully saturated rings. The molecule has 2 unspecified atom stereocenters. The van der Waals surface area contributed by atoms with Crippen molar-refractivity contribution in [2.75, 3.05) is 0 Å². The average molecular weight is 152 g/mol. The van der Waals surface area contributed by atoms with E-state index in [1.165, 1.54) is 16.7 Å². The molecule has 0 heterocycles. The summed E-state index contributed by atoms with van der Waals surface area (Å²) in [6, 6.07) is 0. The molecule has 56 valence electrons. The second kappa shape index (κ2) is 1.42. The van der Waals surface area contributed by atoms with E-state index in [9.17, 15) is 0 Å². The van der Waals surface area contributed by atoms with Crippen LogP contribution >= 0.6 is 0 Å². The third-order valence-electron chi connectivity index (χ3n) is 3.14. The van der Waals surface area contributed by atoms with Gasteiger partial charge in [0.15, 0.2) is 0 Å². The highest BCUT2D eigenvalue weighted by molar-refractivity contribution is 5.70. The number of hydrogen-bond donors (Lipinski definition) is 0.